The molecule has 2 atom stereocenters. The summed E-state index contributed by atoms with van der Waals surface area (Å²) in [4.78, 5) is 0. The van der Waals surface area contributed by atoms with Gasteiger partial charge in [-0.3, -0.25) is 4.21 Å². The predicted molar refractivity (Wildman–Crippen MR) is 32.7 cm³/mol. The molecule has 0 aromatic heterocycles. The van der Waals surface area contributed by atoms with Crippen molar-refractivity contribution in [2.24, 2.45) is 5.73 Å². The molecule has 0 rings (SSSR count). The van der Waals surface area contributed by atoms with Crippen LogP contribution in [0.5, 0.6) is 0 Å². The molecule has 0 spiro atoms. The van der Waals surface area contributed by atoms with Crippen molar-refractivity contribution in [3.63, 3.8) is 0 Å². The lowest BCUT2D eigenvalue weighted by Gasteiger charge is -2.07. The maximum absolute atomic E-state index is 11.5. The number of hydrogen-bond acceptors (Lipinski definition) is 2. The summed E-state index contributed by atoms with van der Waals surface area (Å²) in [6, 6.07) is -0.678. The van der Waals surface area contributed by atoms with E-state index in [1.807, 2.05) is 0 Å². The highest BCUT2D eigenvalue weighted by Crippen LogP contribution is 2.19. The Hall–Kier alpha value is -0.100. The van der Waals surface area contributed by atoms with Crippen molar-refractivity contribution in [3.8, 4) is 0 Å². The van der Waals surface area contributed by atoms with Crippen LogP contribution in [0.3, 0.4) is 0 Å². The summed E-state index contributed by atoms with van der Waals surface area (Å²) in [5.41, 5.74) is 0.380. The zero-order valence-electron chi connectivity index (χ0n) is 5.31. The fourth-order valence-electron chi connectivity index (χ4n) is 0.333. The van der Waals surface area contributed by atoms with E-state index in [2.05, 4.69) is 0 Å². The Labute approximate surface area is 59.0 Å². The molecule has 0 saturated heterocycles. The lowest BCUT2D eigenvalue weighted by Crippen LogP contribution is -2.29. The van der Waals surface area contributed by atoms with Crippen molar-refractivity contribution in [2.75, 3.05) is 5.75 Å². The molecule has 0 aromatic carbocycles. The summed E-state index contributed by atoms with van der Waals surface area (Å²) in [5, 5.41) is 0. The van der Waals surface area contributed by atoms with E-state index in [0.717, 1.165) is 0 Å². The second-order valence-corrected chi connectivity index (χ2v) is 3.42. The summed E-state index contributed by atoms with van der Waals surface area (Å²) in [7, 11) is -2.79. The molecule has 0 amide bonds. The Morgan fingerprint density at radius 2 is 2.00 bits per heavy atom. The first kappa shape index (κ1) is 9.90. The number of halogens is 3. The Balaban J connectivity index is 3.87. The number of nitrogens with two attached hydrogens (primary N) is 1. The minimum Gasteiger partial charge on any atom is -0.327 e. The van der Waals surface area contributed by atoms with E-state index >= 15 is 0 Å². The molecule has 0 aliphatic heterocycles. The lowest BCUT2D eigenvalue weighted by atomic mass is 10.4. The van der Waals surface area contributed by atoms with E-state index in [9.17, 15) is 17.4 Å². The van der Waals surface area contributed by atoms with E-state index in [4.69, 9.17) is 5.73 Å². The van der Waals surface area contributed by atoms with Gasteiger partial charge in [-0.25, -0.2) is 0 Å². The van der Waals surface area contributed by atoms with Gasteiger partial charge in [-0.15, -0.1) is 0 Å². The fourth-order valence-corrected chi connectivity index (χ4v) is 1.000. The Morgan fingerprint density at radius 1 is 1.60 bits per heavy atom. The van der Waals surface area contributed by atoms with Gasteiger partial charge in [0.1, 0.15) is 10.8 Å². The molecular formula is C4H8F3NOS. The van der Waals surface area contributed by atoms with Crippen molar-refractivity contribution in [1.82, 2.24) is 0 Å². The van der Waals surface area contributed by atoms with Crippen molar-refractivity contribution in [2.45, 2.75) is 18.5 Å². The normalized spacial score (nSPS) is 18.5. The molecule has 10 heavy (non-hydrogen) atoms. The van der Waals surface area contributed by atoms with Gasteiger partial charge in [0.25, 0.3) is 0 Å². The molecule has 0 saturated carbocycles. The first-order chi connectivity index (χ1) is 4.34. The highest BCUT2D eigenvalue weighted by molar-refractivity contribution is 7.85. The SMILES string of the molecule is CC(N)CS(=O)C(F)(F)F. The van der Waals surface area contributed by atoms with Crippen LogP contribution in [0.15, 0.2) is 0 Å². The maximum atomic E-state index is 11.5. The second-order valence-electron chi connectivity index (χ2n) is 1.94. The van der Waals surface area contributed by atoms with Gasteiger partial charge in [0, 0.05) is 11.8 Å². The van der Waals surface area contributed by atoms with E-state index < -0.39 is 28.1 Å². The molecule has 2 N–H and O–H groups in total. The minimum absolute atomic E-state index is 0.524. The van der Waals surface area contributed by atoms with Crippen LogP contribution in [0.2, 0.25) is 0 Å². The monoisotopic (exact) mass is 175 g/mol. The van der Waals surface area contributed by atoms with Gasteiger partial charge in [-0.05, 0) is 6.92 Å². The molecule has 6 heteroatoms. The molecule has 0 aromatic rings. The molecule has 0 aliphatic rings. The summed E-state index contributed by atoms with van der Waals surface area (Å²) >= 11 is 0. The molecule has 0 fully saturated rings. The highest BCUT2D eigenvalue weighted by atomic mass is 32.2. The average Bonchev–Trinajstić information content (AvgIpc) is 1.60. The quantitative estimate of drug-likeness (QED) is 0.667. The van der Waals surface area contributed by atoms with Gasteiger partial charge in [0.15, 0.2) is 0 Å². The maximum Gasteiger partial charge on any atom is 0.471 e. The van der Waals surface area contributed by atoms with Crippen LogP contribution in [0.25, 0.3) is 0 Å². The Kier molecular flexibility index (Phi) is 3.30. The first-order valence-electron chi connectivity index (χ1n) is 2.55. The third kappa shape index (κ3) is 3.84. The fraction of sp³-hybridized carbons (Fsp3) is 1.00. The van der Waals surface area contributed by atoms with Crippen LogP contribution in [-0.2, 0) is 10.8 Å². The predicted octanol–water partition coefficient (Wildman–Crippen LogP) is 0.602. The van der Waals surface area contributed by atoms with Crippen LogP contribution in [0.4, 0.5) is 13.2 Å². The third-order valence-corrected chi connectivity index (χ3v) is 2.02. The number of rotatable bonds is 2. The number of hydrogen-bond donors (Lipinski definition) is 1. The van der Waals surface area contributed by atoms with E-state index in [1.165, 1.54) is 6.92 Å². The molecule has 2 nitrogen and oxygen atoms in total. The summed E-state index contributed by atoms with van der Waals surface area (Å²) < 4.78 is 44.5. The Bertz CT molecular complexity index is 133. The third-order valence-electron chi connectivity index (χ3n) is 0.672. The van der Waals surface area contributed by atoms with Gasteiger partial charge < -0.3 is 5.73 Å². The minimum atomic E-state index is -4.62. The lowest BCUT2D eigenvalue weighted by molar-refractivity contribution is -0.0385. The largest absolute Gasteiger partial charge is 0.471 e. The van der Waals surface area contributed by atoms with Gasteiger partial charge in [-0.1, -0.05) is 0 Å². The first-order valence-corrected chi connectivity index (χ1v) is 3.86. The van der Waals surface area contributed by atoms with Crippen molar-refractivity contribution in [1.29, 1.82) is 0 Å². The average molecular weight is 175 g/mol. The summed E-state index contributed by atoms with van der Waals surface area (Å²) in [5.74, 6) is -0.524. The van der Waals surface area contributed by atoms with Crippen LogP contribution >= 0.6 is 0 Å². The summed E-state index contributed by atoms with van der Waals surface area (Å²) in [6.07, 6.45) is 0. The van der Waals surface area contributed by atoms with Crippen molar-refractivity contribution >= 4 is 10.8 Å². The number of alkyl halides is 3. The molecular weight excluding hydrogens is 167 g/mol. The van der Waals surface area contributed by atoms with Gasteiger partial charge in [-0.2, -0.15) is 13.2 Å². The van der Waals surface area contributed by atoms with Gasteiger partial charge >= 0.3 is 5.51 Å². The van der Waals surface area contributed by atoms with E-state index in [0.29, 0.717) is 0 Å². The smallest absolute Gasteiger partial charge is 0.327 e. The van der Waals surface area contributed by atoms with Crippen molar-refractivity contribution in [3.05, 3.63) is 0 Å². The molecule has 0 radical (unpaired) electrons. The Morgan fingerprint density at radius 3 is 2.10 bits per heavy atom. The standard InChI is InChI=1S/C4H8F3NOS/c1-3(8)2-10(9)4(5,6)7/h3H,2,8H2,1H3. The zero-order chi connectivity index (χ0) is 8.36. The molecule has 0 bridgehead atoms. The van der Waals surface area contributed by atoms with Crippen LogP contribution in [0, 0.1) is 0 Å². The van der Waals surface area contributed by atoms with Crippen molar-refractivity contribution < 1.29 is 17.4 Å². The molecule has 2 unspecified atom stereocenters. The molecule has 0 aliphatic carbocycles. The zero-order valence-corrected chi connectivity index (χ0v) is 6.13. The van der Waals surface area contributed by atoms with E-state index in [-0.39, 0.29) is 0 Å². The van der Waals surface area contributed by atoms with Gasteiger partial charge in [0.05, 0.1) is 0 Å². The summed E-state index contributed by atoms with van der Waals surface area (Å²) in [6.45, 7) is 1.38. The van der Waals surface area contributed by atoms with E-state index in [1.54, 1.807) is 0 Å². The highest BCUT2D eigenvalue weighted by Gasteiger charge is 2.36. The van der Waals surface area contributed by atoms with Crippen LogP contribution in [0.1, 0.15) is 6.92 Å². The van der Waals surface area contributed by atoms with Crippen LogP contribution in [-0.4, -0.2) is 21.5 Å². The molecule has 62 valence electrons. The van der Waals surface area contributed by atoms with Gasteiger partial charge in [0.2, 0.25) is 0 Å². The second kappa shape index (κ2) is 3.34. The molecule has 0 heterocycles. The van der Waals surface area contributed by atoms with Crippen LogP contribution < -0.4 is 5.73 Å². The topological polar surface area (TPSA) is 43.1 Å².